The number of rotatable bonds is 1. The van der Waals surface area contributed by atoms with Gasteiger partial charge >= 0.3 is 0 Å². The Kier molecular flexibility index (Phi) is 4.15. The maximum Gasteiger partial charge on any atom is 0.250 e. The molecule has 6 rings (SSSR count). The zero-order chi connectivity index (χ0) is 22.5. The van der Waals surface area contributed by atoms with Crippen LogP contribution >= 0.6 is 23.2 Å². The molecule has 4 aliphatic rings. The van der Waals surface area contributed by atoms with Gasteiger partial charge in [0.15, 0.2) is 0 Å². The molecule has 0 aromatic heterocycles. The summed E-state index contributed by atoms with van der Waals surface area (Å²) in [6, 6.07) is 8.61. The van der Waals surface area contributed by atoms with Crippen molar-refractivity contribution in [1.82, 2.24) is 4.90 Å². The minimum absolute atomic E-state index is 0.151. The fraction of sp³-hybridized carbons (Fsp3) is 0.375. The molecule has 6 nitrogen and oxygen atoms in total. The lowest BCUT2D eigenvalue weighted by Crippen LogP contribution is -2.54. The van der Waals surface area contributed by atoms with Crippen molar-refractivity contribution >= 4 is 52.3 Å². The third-order valence-corrected chi connectivity index (χ3v) is 8.34. The molecule has 2 aromatic rings. The van der Waals surface area contributed by atoms with Gasteiger partial charge in [-0.25, -0.2) is 4.90 Å². The Morgan fingerprint density at radius 1 is 1.03 bits per heavy atom. The second kappa shape index (κ2) is 6.56. The molecule has 164 valence electrons. The van der Waals surface area contributed by atoms with Crippen molar-refractivity contribution in [1.29, 1.82) is 0 Å². The standard InChI is InChI=1S/C24H21Cl2N3O3/c1-11-8-12(2)20-14(9-11)24(23(32)27-20)19-18(17-4-3-7-28(17)24)21(30)29(22(19)31)13-5-6-15(25)16(26)10-13/h5-6,8-10,17-19H,3-4,7H2,1-2H3,(H,27,32). The molecule has 4 unspecified atom stereocenters. The predicted molar refractivity (Wildman–Crippen MR) is 122 cm³/mol. The van der Waals surface area contributed by atoms with E-state index in [1.165, 1.54) is 11.0 Å². The Morgan fingerprint density at radius 2 is 1.81 bits per heavy atom. The van der Waals surface area contributed by atoms with Gasteiger partial charge in [0.1, 0.15) is 5.54 Å². The van der Waals surface area contributed by atoms with Crippen LogP contribution in [0.25, 0.3) is 0 Å². The smallest absolute Gasteiger partial charge is 0.250 e. The number of aryl methyl sites for hydroxylation is 2. The normalized spacial score (nSPS) is 30.8. The van der Waals surface area contributed by atoms with Crippen LogP contribution in [0.1, 0.15) is 29.5 Å². The molecule has 32 heavy (non-hydrogen) atoms. The predicted octanol–water partition coefficient (Wildman–Crippen LogP) is 4.04. The van der Waals surface area contributed by atoms with E-state index >= 15 is 0 Å². The van der Waals surface area contributed by atoms with E-state index in [0.717, 1.165) is 35.2 Å². The van der Waals surface area contributed by atoms with Gasteiger partial charge < -0.3 is 5.32 Å². The molecule has 0 saturated carbocycles. The second-order valence-electron chi connectivity index (χ2n) is 9.24. The van der Waals surface area contributed by atoms with Crippen LogP contribution in [-0.2, 0) is 19.9 Å². The number of hydrogen-bond acceptors (Lipinski definition) is 4. The van der Waals surface area contributed by atoms with Crippen molar-refractivity contribution < 1.29 is 14.4 Å². The summed E-state index contributed by atoms with van der Waals surface area (Å²) in [5.41, 5.74) is 2.78. The largest absolute Gasteiger partial charge is 0.324 e. The number of benzene rings is 2. The van der Waals surface area contributed by atoms with Gasteiger partial charge in [-0.05, 0) is 57.0 Å². The van der Waals surface area contributed by atoms with Crippen molar-refractivity contribution in [3.8, 4) is 0 Å². The molecule has 4 heterocycles. The summed E-state index contributed by atoms with van der Waals surface area (Å²) < 4.78 is 0. The highest BCUT2D eigenvalue weighted by Crippen LogP contribution is 2.61. The Labute approximate surface area is 195 Å². The van der Waals surface area contributed by atoms with Crippen LogP contribution < -0.4 is 10.2 Å². The van der Waals surface area contributed by atoms with Gasteiger partial charge in [0.25, 0.3) is 0 Å². The van der Waals surface area contributed by atoms with E-state index in [9.17, 15) is 14.4 Å². The molecule has 0 radical (unpaired) electrons. The molecule has 8 heteroatoms. The van der Waals surface area contributed by atoms with Crippen LogP contribution in [0, 0.1) is 25.7 Å². The van der Waals surface area contributed by atoms with Crippen LogP contribution in [0.3, 0.4) is 0 Å². The first kappa shape index (κ1) is 20.2. The molecule has 0 bridgehead atoms. The third kappa shape index (κ3) is 2.28. The molecule has 1 spiro atoms. The fourth-order valence-corrected chi connectivity index (χ4v) is 6.83. The summed E-state index contributed by atoms with van der Waals surface area (Å²) in [4.78, 5) is 44.7. The molecule has 3 saturated heterocycles. The van der Waals surface area contributed by atoms with Crippen LogP contribution in [0.5, 0.6) is 0 Å². The number of nitrogens with zero attached hydrogens (tertiary/aromatic N) is 2. The number of hydrogen-bond donors (Lipinski definition) is 1. The van der Waals surface area contributed by atoms with E-state index in [2.05, 4.69) is 10.2 Å². The van der Waals surface area contributed by atoms with Crippen molar-refractivity contribution in [2.24, 2.45) is 11.8 Å². The topological polar surface area (TPSA) is 69.7 Å². The highest BCUT2D eigenvalue weighted by atomic mass is 35.5. The first-order chi connectivity index (χ1) is 15.3. The molecule has 3 amide bonds. The van der Waals surface area contributed by atoms with Gasteiger partial charge in [0.2, 0.25) is 17.7 Å². The number of fused-ring (bicyclic) bond motifs is 7. The van der Waals surface area contributed by atoms with Gasteiger partial charge in [0.05, 0.1) is 27.6 Å². The highest BCUT2D eigenvalue weighted by molar-refractivity contribution is 6.42. The highest BCUT2D eigenvalue weighted by Gasteiger charge is 2.74. The molecular weight excluding hydrogens is 449 g/mol. The van der Waals surface area contributed by atoms with Gasteiger partial charge in [-0.2, -0.15) is 0 Å². The lowest BCUT2D eigenvalue weighted by Gasteiger charge is -2.36. The van der Waals surface area contributed by atoms with Gasteiger partial charge in [0, 0.05) is 17.3 Å². The fourth-order valence-electron chi connectivity index (χ4n) is 6.54. The number of carbonyl (C=O) groups is 3. The van der Waals surface area contributed by atoms with Crippen LogP contribution in [-0.4, -0.2) is 35.2 Å². The summed E-state index contributed by atoms with van der Waals surface area (Å²) in [7, 11) is 0. The summed E-state index contributed by atoms with van der Waals surface area (Å²) in [5.74, 6) is -2.18. The van der Waals surface area contributed by atoms with Crippen LogP contribution in [0.2, 0.25) is 10.0 Å². The Bertz CT molecular complexity index is 1250. The quantitative estimate of drug-likeness (QED) is 0.639. The first-order valence-electron chi connectivity index (χ1n) is 10.8. The van der Waals surface area contributed by atoms with E-state index in [0.29, 0.717) is 17.3 Å². The molecular formula is C24H21Cl2N3O3. The maximum atomic E-state index is 13.9. The Hall–Kier alpha value is -2.41. The maximum absolute atomic E-state index is 13.9. The van der Waals surface area contributed by atoms with Crippen molar-refractivity contribution in [2.45, 2.75) is 38.3 Å². The number of imide groups is 1. The summed E-state index contributed by atoms with van der Waals surface area (Å²) in [6.45, 7) is 4.63. The minimum atomic E-state index is -1.17. The minimum Gasteiger partial charge on any atom is -0.324 e. The Balaban J connectivity index is 1.57. The molecule has 4 atom stereocenters. The van der Waals surface area contributed by atoms with Gasteiger partial charge in [-0.15, -0.1) is 0 Å². The SMILES string of the molecule is Cc1cc(C)c2c(c1)C1(C(=O)N2)C2C(=O)N(c3ccc(Cl)c(Cl)c3)C(=O)C2C2CCCN21. The zero-order valence-corrected chi connectivity index (χ0v) is 19.1. The van der Waals surface area contributed by atoms with E-state index in [-0.39, 0.29) is 28.8 Å². The average molecular weight is 470 g/mol. The monoisotopic (exact) mass is 469 g/mol. The summed E-state index contributed by atoms with van der Waals surface area (Å²) >= 11 is 12.2. The summed E-state index contributed by atoms with van der Waals surface area (Å²) in [6.07, 6.45) is 1.67. The van der Waals surface area contributed by atoms with Crippen LogP contribution in [0.4, 0.5) is 11.4 Å². The van der Waals surface area contributed by atoms with Gasteiger partial charge in [-0.1, -0.05) is 40.9 Å². The molecule has 1 N–H and O–H groups in total. The molecule has 4 aliphatic heterocycles. The van der Waals surface area contributed by atoms with E-state index < -0.39 is 17.4 Å². The third-order valence-electron chi connectivity index (χ3n) is 7.60. The van der Waals surface area contributed by atoms with Crippen LogP contribution in [0.15, 0.2) is 30.3 Å². The van der Waals surface area contributed by atoms with Gasteiger partial charge in [-0.3, -0.25) is 19.3 Å². The molecule has 2 aromatic carbocycles. The second-order valence-corrected chi connectivity index (χ2v) is 10.1. The average Bonchev–Trinajstić information content (AvgIpc) is 3.44. The van der Waals surface area contributed by atoms with Crippen molar-refractivity contribution in [3.05, 3.63) is 57.1 Å². The number of nitrogens with one attached hydrogen (secondary N) is 1. The molecule has 3 fully saturated rings. The van der Waals surface area contributed by atoms with Crippen molar-refractivity contribution in [3.63, 3.8) is 0 Å². The van der Waals surface area contributed by atoms with Crippen molar-refractivity contribution in [2.75, 3.05) is 16.8 Å². The first-order valence-corrected chi connectivity index (χ1v) is 11.5. The number of anilines is 2. The summed E-state index contributed by atoms with van der Waals surface area (Å²) in [5, 5.41) is 3.68. The van der Waals surface area contributed by atoms with E-state index in [1.54, 1.807) is 12.1 Å². The van der Waals surface area contributed by atoms with E-state index in [4.69, 9.17) is 23.2 Å². The molecule has 0 aliphatic carbocycles. The number of carbonyl (C=O) groups excluding carboxylic acids is 3. The number of amides is 3. The Morgan fingerprint density at radius 3 is 2.56 bits per heavy atom. The lowest BCUT2D eigenvalue weighted by atomic mass is 9.75. The van der Waals surface area contributed by atoms with E-state index in [1.807, 2.05) is 26.0 Å². The zero-order valence-electron chi connectivity index (χ0n) is 17.6. The lowest BCUT2D eigenvalue weighted by molar-refractivity contribution is -0.135. The number of halogens is 2.